The molecule has 0 radical (unpaired) electrons. The van der Waals surface area contributed by atoms with E-state index >= 15 is 0 Å². The van der Waals surface area contributed by atoms with Gasteiger partial charge in [-0.3, -0.25) is 9.10 Å². The van der Waals surface area contributed by atoms with Gasteiger partial charge in [-0.05, 0) is 74.6 Å². The van der Waals surface area contributed by atoms with Crippen LogP contribution in [0.15, 0.2) is 82.6 Å². The third-order valence-electron chi connectivity index (χ3n) is 5.19. The molecule has 0 saturated heterocycles. The SMILES string of the molecule is COc1ccc(S(=O)(=O)N(CC(=O)NCCCSc2ccc(C)cc2)c2ccc(C)cc2)cc1. The highest BCUT2D eigenvalue weighted by molar-refractivity contribution is 7.99. The predicted molar refractivity (Wildman–Crippen MR) is 138 cm³/mol. The molecule has 8 heteroatoms. The number of hydrogen-bond acceptors (Lipinski definition) is 5. The van der Waals surface area contributed by atoms with Crippen molar-refractivity contribution in [1.82, 2.24) is 5.32 Å². The van der Waals surface area contributed by atoms with Crippen molar-refractivity contribution in [3.8, 4) is 5.75 Å². The van der Waals surface area contributed by atoms with Gasteiger partial charge in [-0.2, -0.15) is 0 Å². The molecule has 0 aromatic heterocycles. The molecule has 1 amide bonds. The van der Waals surface area contributed by atoms with Gasteiger partial charge in [-0.25, -0.2) is 8.42 Å². The first-order chi connectivity index (χ1) is 16.3. The minimum atomic E-state index is -3.95. The number of methoxy groups -OCH3 is 1. The normalized spacial score (nSPS) is 11.1. The van der Waals surface area contributed by atoms with Crippen LogP contribution in [0.4, 0.5) is 5.69 Å². The third-order valence-corrected chi connectivity index (χ3v) is 8.08. The van der Waals surface area contributed by atoms with Gasteiger partial charge in [-0.15, -0.1) is 11.8 Å². The number of ether oxygens (including phenoxy) is 1. The summed E-state index contributed by atoms with van der Waals surface area (Å²) >= 11 is 1.73. The Morgan fingerprint density at radius 2 is 1.50 bits per heavy atom. The van der Waals surface area contributed by atoms with Crippen molar-refractivity contribution in [2.75, 3.05) is 30.3 Å². The van der Waals surface area contributed by atoms with Crippen molar-refractivity contribution >= 4 is 33.4 Å². The molecule has 0 bridgehead atoms. The third kappa shape index (κ3) is 7.01. The average molecular weight is 499 g/mol. The van der Waals surface area contributed by atoms with E-state index in [4.69, 9.17) is 4.74 Å². The first-order valence-corrected chi connectivity index (χ1v) is 13.4. The van der Waals surface area contributed by atoms with Gasteiger partial charge in [-0.1, -0.05) is 35.4 Å². The van der Waals surface area contributed by atoms with Crippen LogP contribution in [0.2, 0.25) is 0 Å². The van der Waals surface area contributed by atoms with Gasteiger partial charge in [0.15, 0.2) is 0 Å². The highest BCUT2D eigenvalue weighted by Crippen LogP contribution is 2.25. The fourth-order valence-corrected chi connectivity index (χ4v) is 5.49. The molecule has 0 saturated carbocycles. The van der Waals surface area contributed by atoms with Crippen molar-refractivity contribution in [3.05, 3.63) is 83.9 Å². The van der Waals surface area contributed by atoms with Gasteiger partial charge in [0.05, 0.1) is 17.7 Å². The lowest BCUT2D eigenvalue weighted by Crippen LogP contribution is -2.41. The maximum absolute atomic E-state index is 13.4. The second-order valence-corrected chi connectivity index (χ2v) is 10.9. The second kappa shape index (κ2) is 11.9. The Balaban J connectivity index is 1.64. The van der Waals surface area contributed by atoms with E-state index in [-0.39, 0.29) is 17.3 Å². The number of aryl methyl sites for hydroxylation is 2. The number of rotatable bonds is 11. The van der Waals surface area contributed by atoms with E-state index in [9.17, 15) is 13.2 Å². The van der Waals surface area contributed by atoms with Crippen LogP contribution in [0.3, 0.4) is 0 Å². The molecule has 6 nitrogen and oxygen atoms in total. The number of carbonyl (C=O) groups excluding carboxylic acids is 1. The molecular weight excluding hydrogens is 468 g/mol. The van der Waals surface area contributed by atoms with Crippen LogP contribution >= 0.6 is 11.8 Å². The summed E-state index contributed by atoms with van der Waals surface area (Å²) in [5.74, 6) is 1.06. The zero-order valence-electron chi connectivity index (χ0n) is 19.7. The Kier molecular flexibility index (Phi) is 9.01. The van der Waals surface area contributed by atoms with Gasteiger partial charge in [0.25, 0.3) is 10.0 Å². The van der Waals surface area contributed by atoms with Gasteiger partial charge < -0.3 is 10.1 Å². The minimum Gasteiger partial charge on any atom is -0.497 e. The fraction of sp³-hybridized carbons (Fsp3) is 0.269. The highest BCUT2D eigenvalue weighted by Gasteiger charge is 2.27. The summed E-state index contributed by atoms with van der Waals surface area (Å²) < 4.78 is 33.1. The quantitative estimate of drug-likeness (QED) is 0.303. The fourth-order valence-electron chi connectivity index (χ4n) is 3.21. The largest absolute Gasteiger partial charge is 0.497 e. The summed E-state index contributed by atoms with van der Waals surface area (Å²) in [6, 6.07) is 21.5. The highest BCUT2D eigenvalue weighted by atomic mass is 32.2. The van der Waals surface area contributed by atoms with Gasteiger partial charge in [0.1, 0.15) is 12.3 Å². The van der Waals surface area contributed by atoms with E-state index in [1.165, 1.54) is 29.7 Å². The van der Waals surface area contributed by atoms with Crippen LogP contribution in [-0.2, 0) is 14.8 Å². The van der Waals surface area contributed by atoms with Crippen LogP contribution in [0.1, 0.15) is 17.5 Å². The maximum atomic E-state index is 13.4. The number of amides is 1. The number of sulfonamides is 1. The molecule has 0 unspecified atom stereocenters. The minimum absolute atomic E-state index is 0.0937. The van der Waals surface area contributed by atoms with Gasteiger partial charge >= 0.3 is 0 Å². The Hall–Kier alpha value is -2.97. The molecule has 0 aliphatic rings. The summed E-state index contributed by atoms with van der Waals surface area (Å²) in [5, 5.41) is 2.85. The van der Waals surface area contributed by atoms with Gasteiger partial charge in [0, 0.05) is 11.4 Å². The van der Waals surface area contributed by atoms with E-state index in [0.29, 0.717) is 18.0 Å². The maximum Gasteiger partial charge on any atom is 0.264 e. The monoisotopic (exact) mass is 498 g/mol. The Bertz CT molecular complexity index is 1180. The van der Waals surface area contributed by atoms with Crippen molar-refractivity contribution < 1.29 is 17.9 Å². The standard InChI is InChI=1S/C26H30N2O4S2/c1-20-5-9-22(10-6-20)28(34(30,31)25-15-11-23(32-3)12-16-25)19-26(29)27-17-4-18-33-24-13-7-21(2)8-14-24/h5-16H,4,17-19H2,1-3H3,(H,27,29). The zero-order valence-corrected chi connectivity index (χ0v) is 21.3. The average Bonchev–Trinajstić information content (AvgIpc) is 2.84. The summed E-state index contributed by atoms with van der Waals surface area (Å²) in [5.41, 5.74) is 2.66. The first kappa shape index (κ1) is 25.6. The van der Waals surface area contributed by atoms with Crippen LogP contribution in [0.25, 0.3) is 0 Å². The van der Waals surface area contributed by atoms with Crippen molar-refractivity contribution in [1.29, 1.82) is 0 Å². The van der Waals surface area contributed by atoms with E-state index in [1.807, 2.05) is 19.1 Å². The summed E-state index contributed by atoms with van der Waals surface area (Å²) in [7, 11) is -2.43. The van der Waals surface area contributed by atoms with Crippen molar-refractivity contribution in [2.24, 2.45) is 0 Å². The smallest absolute Gasteiger partial charge is 0.264 e. The molecule has 3 aromatic carbocycles. The summed E-state index contributed by atoms with van der Waals surface area (Å²) in [6.07, 6.45) is 0.778. The Morgan fingerprint density at radius 3 is 2.09 bits per heavy atom. The lowest BCUT2D eigenvalue weighted by Gasteiger charge is -2.24. The molecular formula is C26H30N2O4S2. The number of hydrogen-bond donors (Lipinski definition) is 1. The van der Waals surface area contributed by atoms with Crippen LogP contribution < -0.4 is 14.4 Å². The van der Waals surface area contributed by atoms with E-state index in [0.717, 1.165) is 22.0 Å². The molecule has 180 valence electrons. The van der Waals surface area contributed by atoms with Crippen LogP contribution in [-0.4, -0.2) is 40.3 Å². The molecule has 0 spiro atoms. The molecule has 3 aromatic rings. The first-order valence-electron chi connectivity index (χ1n) is 11.0. The molecule has 0 aliphatic carbocycles. The van der Waals surface area contributed by atoms with E-state index < -0.39 is 10.0 Å². The lowest BCUT2D eigenvalue weighted by molar-refractivity contribution is -0.119. The molecule has 3 rings (SSSR count). The van der Waals surface area contributed by atoms with Crippen LogP contribution in [0, 0.1) is 13.8 Å². The number of nitrogens with one attached hydrogen (secondary N) is 1. The second-order valence-electron chi connectivity index (χ2n) is 7.89. The van der Waals surface area contributed by atoms with E-state index in [2.05, 4.69) is 36.5 Å². The molecule has 34 heavy (non-hydrogen) atoms. The number of anilines is 1. The zero-order chi connectivity index (χ0) is 24.6. The molecule has 0 atom stereocenters. The number of nitrogens with zero attached hydrogens (tertiary/aromatic N) is 1. The predicted octanol–water partition coefficient (Wildman–Crippen LogP) is 4.81. The molecule has 0 fully saturated rings. The molecule has 0 heterocycles. The molecule has 0 aliphatic heterocycles. The topological polar surface area (TPSA) is 75.7 Å². The summed E-state index contributed by atoms with van der Waals surface area (Å²) in [4.78, 5) is 14.0. The van der Waals surface area contributed by atoms with Gasteiger partial charge in [0.2, 0.25) is 5.91 Å². The van der Waals surface area contributed by atoms with Crippen LogP contribution in [0.5, 0.6) is 5.75 Å². The lowest BCUT2D eigenvalue weighted by atomic mass is 10.2. The number of benzene rings is 3. The Morgan fingerprint density at radius 1 is 0.912 bits per heavy atom. The van der Waals surface area contributed by atoms with Crippen molar-refractivity contribution in [2.45, 2.75) is 30.1 Å². The molecule has 1 N–H and O–H groups in total. The number of thioether (sulfide) groups is 1. The Labute approximate surface area is 206 Å². The van der Waals surface area contributed by atoms with Crippen molar-refractivity contribution in [3.63, 3.8) is 0 Å². The number of carbonyl (C=O) groups is 1. The van der Waals surface area contributed by atoms with E-state index in [1.54, 1.807) is 36.0 Å². The summed E-state index contributed by atoms with van der Waals surface area (Å²) in [6.45, 7) is 4.15.